The van der Waals surface area contributed by atoms with E-state index < -0.39 is 58.3 Å². The number of hydrogen-bond acceptors (Lipinski definition) is 9. The van der Waals surface area contributed by atoms with E-state index in [0.29, 0.717) is 31.3 Å². The van der Waals surface area contributed by atoms with Gasteiger partial charge in [0.15, 0.2) is 11.9 Å². The molecule has 0 amide bonds. The molecule has 4 aliphatic carbocycles. The largest absolute Gasteiger partial charge is 0.458 e. The van der Waals surface area contributed by atoms with Crippen LogP contribution in [0.4, 0.5) is 0 Å². The maximum atomic E-state index is 13.8. The van der Waals surface area contributed by atoms with Crippen molar-refractivity contribution in [1.29, 1.82) is 0 Å². The van der Waals surface area contributed by atoms with Gasteiger partial charge in [-0.2, -0.15) is 0 Å². The quantitative estimate of drug-likeness (QED) is 0.222. The van der Waals surface area contributed by atoms with E-state index in [2.05, 4.69) is 0 Å². The number of rotatable bonds is 5. The van der Waals surface area contributed by atoms with Crippen LogP contribution in [0, 0.1) is 28.6 Å². The summed E-state index contributed by atoms with van der Waals surface area (Å²) in [4.78, 5) is 51.1. The van der Waals surface area contributed by atoms with Gasteiger partial charge in [-0.05, 0) is 70.1 Å². The molecule has 0 unspecified atom stereocenters. The maximum Gasteiger partial charge on any atom is 0.333 e. The highest BCUT2D eigenvalue weighted by Gasteiger charge is 2.83. The number of ether oxygens (including phenoxy) is 4. The van der Waals surface area contributed by atoms with Crippen LogP contribution in [-0.2, 0) is 38.1 Å². The van der Waals surface area contributed by atoms with Gasteiger partial charge in [0.05, 0.1) is 11.5 Å². The van der Waals surface area contributed by atoms with Crippen molar-refractivity contribution in [3.8, 4) is 0 Å². The van der Waals surface area contributed by atoms with Gasteiger partial charge in [-0.1, -0.05) is 31.9 Å². The van der Waals surface area contributed by atoms with Crippen molar-refractivity contribution in [1.82, 2.24) is 0 Å². The summed E-state index contributed by atoms with van der Waals surface area (Å²) >= 11 is 0. The number of carbonyl (C=O) groups excluding carboxylic acids is 4. The molecule has 2 saturated carbocycles. The highest BCUT2D eigenvalue weighted by molar-refractivity contribution is 5.98. The van der Waals surface area contributed by atoms with E-state index in [1.165, 1.54) is 13.0 Å². The highest BCUT2D eigenvalue weighted by Crippen LogP contribution is 2.74. The molecular weight excluding hydrogens is 540 g/mol. The molecule has 11 atom stereocenters. The number of esters is 3. The van der Waals surface area contributed by atoms with Gasteiger partial charge in [0.2, 0.25) is 0 Å². The molecule has 6 aliphatic rings. The van der Waals surface area contributed by atoms with E-state index in [1.807, 2.05) is 33.8 Å². The van der Waals surface area contributed by atoms with Gasteiger partial charge in [0, 0.05) is 36.7 Å². The molecule has 9 nitrogen and oxygen atoms in total. The molecule has 42 heavy (non-hydrogen) atoms. The van der Waals surface area contributed by atoms with Crippen LogP contribution in [0.2, 0.25) is 0 Å². The topological polar surface area (TPSA) is 129 Å². The number of aliphatic hydroxyl groups is 1. The van der Waals surface area contributed by atoms with Crippen LogP contribution in [0.15, 0.2) is 34.9 Å². The number of fused-ring (bicyclic) bond motifs is 4. The number of carbonyl (C=O) groups is 4. The minimum Gasteiger partial charge on any atom is -0.458 e. The predicted octanol–water partition coefficient (Wildman–Crippen LogP) is 3.92. The molecule has 0 aromatic heterocycles. The number of allylic oxidation sites excluding steroid dienone is 1. The molecular formula is C33H42O9. The second-order valence-electron chi connectivity index (χ2n) is 13.7. The average Bonchev–Trinajstić information content (AvgIpc) is 3.63. The summed E-state index contributed by atoms with van der Waals surface area (Å²) < 4.78 is 23.9. The standard InChI is InChI=1S/C33H42O9/c1-8-28(36)41-25-10-9-24(35)31(7)20-11-12-30(6)21(18(4)23-13-16(2)17(3)29(37)40-23)14-26(39-19(5)34)32(30,38)22(20)15-27-33(25,31)42-27/h9-10,14,18,20,22-23,25-27,38H,8,11-13,15H2,1-7H3/t18-,20-,22+,23+,25-,26-,27+,30+,31-,32-,33+/m0/s1. The zero-order chi connectivity index (χ0) is 30.6. The van der Waals surface area contributed by atoms with Crippen LogP contribution >= 0.6 is 0 Å². The second-order valence-corrected chi connectivity index (χ2v) is 13.7. The van der Waals surface area contributed by atoms with E-state index in [-0.39, 0.29) is 36.0 Å². The van der Waals surface area contributed by atoms with Gasteiger partial charge in [0.1, 0.15) is 23.4 Å². The summed E-state index contributed by atoms with van der Waals surface area (Å²) in [5.41, 5.74) is -1.85. The second kappa shape index (κ2) is 9.36. The lowest BCUT2D eigenvalue weighted by Crippen LogP contribution is -2.70. The Balaban J connectivity index is 1.39. The molecule has 1 saturated heterocycles. The lowest BCUT2D eigenvalue weighted by molar-refractivity contribution is -0.225. The zero-order valence-electron chi connectivity index (χ0n) is 25.5. The van der Waals surface area contributed by atoms with Gasteiger partial charge in [-0.15, -0.1) is 0 Å². The average molecular weight is 583 g/mol. The third kappa shape index (κ3) is 3.55. The molecule has 0 radical (unpaired) electrons. The van der Waals surface area contributed by atoms with Crippen molar-refractivity contribution in [2.24, 2.45) is 28.6 Å². The fraction of sp³-hybridized carbons (Fsp3) is 0.697. The van der Waals surface area contributed by atoms with Gasteiger partial charge in [0.25, 0.3) is 0 Å². The van der Waals surface area contributed by atoms with Gasteiger partial charge >= 0.3 is 17.9 Å². The molecule has 9 heteroatoms. The Kier molecular flexibility index (Phi) is 6.53. The number of hydrogen-bond donors (Lipinski definition) is 1. The predicted molar refractivity (Wildman–Crippen MR) is 150 cm³/mol. The highest BCUT2D eigenvalue weighted by atomic mass is 16.7. The summed E-state index contributed by atoms with van der Waals surface area (Å²) in [5, 5.41) is 13.0. The minimum absolute atomic E-state index is 0.106. The summed E-state index contributed by atoms with van der Waals surface area (Å²) in [6, 6.07) is 0. The molecule has 0 bridgehead atoms. The van der Waals surface area contributed by atoms with E-state index >= 15 is 0 Å². The first kappa shape index (κ1) is 29.3. The van der Waals surface area contributed by atoms with Crippen LogP contribution in [-0.4, -0.2) is 64.4 Å². The van der Waals surface area contributed by atoms with Gasteiger partial charge in [-0.25, -0.2) is 4.79 Å². The van der Waals surface area contributed by atoms with E-state index in [0.717, 1.165) is 11.1 Å². The molecule has 0 aromatic rings. The van der Waals surface area contributed by atoms with Gasteiger partial charge in [-0.3, -0.25) is 14.4 Å². The molecule has 2 heterocycles. The first-order chi connectivity index (χ1) is 19.7. The Labute approximate surface area is 246 Å². The summed E-state index contributed by atoms with van der Waals surface area (Å²) in [7, 11) is 0. The summed E-state index contributed by atoms with van der Waals surface area (Å²) in [6.45, 7) is 12.7. The number of cyclic esters (lactones) is 1. The molecule has 6 rings (SSSR count). The maximum absolute atomic E-state index is 13.8. The monoisotopic (exact) mass is 582 g/mol. The molecule has 228 valence electrons. The smallest absolute Gasteiger partial charge is 0.333 e. The van der Waals surface area contributed by atoms with Crippen LogP contribution in [0.1, 0.15) is 80.6 Å². The molecule has 2 aliphatic heterocycles. The summed E-state index contributed by atoms with van der Waals surface area (Å²) in [5.74, 6) is -2.30. The number of ketones is 1. The third-order valence-electron chi connectivity index (χ3n) is 12.0. The first-order valence-electron chi connectivity index (χ1n) is 15.3. The Morgan fingerprint density at radius 2 is 1.86 bits per heavy atom. The van der Waals surface area contributed by atoms with Crippen LogP contribution < -0.4 is 0 Å². The fourth-order valence-corrected chi connectivity index (χ4v) is 9.47. The molecule has 1 N–H and O–H groups in total. The van der Waals surface area contributed by atoms with Crippen LogP contribution in [0.25, 0.3) is 0 Å². The molecule has 1 spiro atoms. The van der Waals surface area contributed by atoms with Crippen molar-refractivity contribution >= 4 is 23.7 Å². The van der Waals surface area contributed by atoms with E-state index in [1.54, 1.807) is 19.9 Å². The Bertz CT molecular complexity index is 1360. The molecule has 0 aromatic carbocycles. The van der Waals surface area contributed by atoms with Crippen molar-refractivity contribution < 1.29 is 43.2 Å². The first-order valence-corrected chi connectivity index (χ1v) is 15.3. The molecule has 3 fully saturated rings. The lowest BCUT2D eigenvalue weighted by Gasteiger charge is -2.61. The van der Waals surface area contributed by atoms with Crippen molar-refractivity contribution in [3.05, 3.63) is 34.9 Å². The lowest BCUT2D eigenvalue weighted by atomic mass is 9.42. The minimum atomic E-state index is -1.52. The van der Waals surface area contributed by atoms with Crippen molar-refractivity contribution in [2.45, 2.75) is 116 Å². The Morgan fingerprint density at radius 1 is 1.14 bits per heavy atom. The Hall–Kier alpha value is -2.78. The van der Waals surface area contributed by atoms with Crippen LogP contribution in [0.3, 0.4) is 0 Å². The van der Waals surface area contributed by atoms with Gasteiger partial charge < -0.3 is 24.1 Å². The van der Waals surface area contributed by atoms with E-state index in [4.69, 9.17) is 18.9 Å². The SMILES string of the molecule is CCC(=O)O[C@H]1C=CC(=O)[C@]2(C)[C@H]3CC[C@]4(C)C([C@H](C)[C@H]5CC(C)=C(C)C(=O)O5)=C[C@H](OC(C)=O)[C@@]4(O)[C@@H]3C[C@H]3O[C@]132. The summed E-state index contributed by atoms with van der Waals surface area (Å²) in [6.07, 6.45) is 4.92. The van der Waals surface area contributed by atoms with Crippen LogP contribution in [0.5, 0.6) is 0 Å². The van der Waals surface area contributed by atoms with E-state index in [9.17, 15) is 24.3 Å². The van der Waals surface area contributed by atoms with Crippen molar-refractivity contribution in [2.75, 3.05) is 0 Å². The third-order valence-corrected chi connectivity index (χ3v) is 12.0. The van der Waals surface area contributed by atoms with Crippen molar-refractivity contribution in [3.63, 3.8) is 0 Å². The number of epoxide rings is 1. The zero-order valence-corrected chi connectivity index (χ0v) is 25.5. The Morgan fingerprint density at radius 3 is 2.50 bits per heavy atom. The fourth-order valence-electron chi connectivity index (χ4n) is 9.47. The normalized spacial score (nSPS) is 46.0.